The van der Waals surface area contributed by atoms with Crippen LogP contribution in [0.4, 0.5) is 5.69 Å². The number of para-hydroxylation sites is 2. The third kappa shape index (κ3) is 3.03. The second-order valence-electron chi connectivity index (χ2n) is 6.79. The maximum atomic E-state index is 12.6. The molecule has 1 aromatic rings. The molecule has 0 bridgehead atoms. The lowest BCUT2D eigenvalue weighted by Gasteiger charge is -2.41. The number of rotatable bonds is 3. The highest BCUT2D eigenvalue weighted by Crippen LogP contribution is 2.48. The molecule has 2 aliphatic carbocycles. The lowest BCUT2D eigenvalue weighted by molar-refractivity contribution is -0.130. The van der Waals surface area contributed by atoms with E-state index in [9.17, 15) is 9.59 Å². The number of hydrogen-bond donors (Lipinski definition) is 1. The van der Waals surface area contributed by atoms with Crippen LogP contribution in [0.2, 0.25) is 0 Å². The molecule has 0 heterocycles. The van der Waals surface area contributed by atoms with Crippen molar-refractivity contribution in [2.24, 2.45) is 11.3 Å². The zero-order chi connectivity index (χ0) is 16.4. The number of hydrogen-bond acceptors (Lipinski definition) is 3. The van der Waals surface area contributed by atoms with E-state index >= 15 is 0 Å². The summed E-state index contributed by atoms with van der Waals surface area (Å²) in [4.78, 5) is 25.1. The van der Waals surface area contributed by atoms with Crippen molar-refractivity contribution in [1.82, 2.24) is 0 Å². The van der Waals surface area contributed by atoms with Crippen LogP contribution in [0.25, 0.3) is 0 Å². The summed E-state index contributed by atoms with van der Waals surface area (Å²) in [6, 6.07) is 7.26. The third-order valence-electron chi connectivity index (χ3n) is 5.20. The molecule has 0 radical (unpaired) electrons. The van der Waals surface area contributed by atoms with Crippen molar-refractivity contribution in [2.75, 3.05) is 12.4 Å². The van der Waals surface area contributed by atoms with Gasteiger partial charge in [-0.15, -0.1) is 0 Å². The van der Waals surface area contributed by atoms with Gasteiger partial charge in [0.1, 0.15) is 11.7 Å². The van der Waals surface area contributed by atoms with Crippen LogP contribution in [0.5, 0.6) is 5.75 Å². The normalized spacial score (nSPS) is 27.0. The number of nitrogens with one attached hydrogen (secondary N) is 1. The molecule has 23 heavy (non-hydrogen) atoms. The number of allylic oxidation sites excluding steroid dienone is 2. The summed E-state index contributed by atoms with van der Waals surface area (Å²) in [6.07, 6.45) is 6.71. The molecule has 122 valence electrons. The van der Waals surface area contributed by atoms with Crippen LogP contribution < -0.4 is 10.1 Å². The average molecular weight is 313 g/mol. The van der Waals surface area contributed by atoms with E-state index < -0.39 is 5.92 Å². The van der Waals surface area contributed by atoms with E-state index in [1.54, 1.807) is 25.3 Å². The van der Waals surface area contributed by atoms with Crippen molar-refractivity contribution in [3.8, 4) is 5.75 Å². The maximum Gasteiger partial charge on any atom is 0.235 e. The highest BCUT2D eigenvalue weighted by Gasteiger charge is 2.42. The van der Waals surface area contributed by atoms with Gasteiger partial charge in [-0.25, -0.2) is 0 Å². The van der Waals surface area contributed by atoms with Crippen molar-refractivity contribution in [2.45, 2.75) is 39.0 Å². The molecular weight excluding hydrogens is 290 g/mol. The summed E-state index contributed by atoms with van der Waals surface area (Å²) < 4.78 is 5.25. The van der Waals surface area contributed by atoms with E-state index in [1.807, 2.05) is 12.1 Å². The molecule has 4 nitrogen and oxygen atoms in total. The smallest absolute Gasteiger partial charge is 0.235 e. The van der Waals surface area contributed by atoms with Gasteiger partial charge in [0.05, 0.1) is 12.8 Å². The molecule has 0 aliphatic heterocycles. The predicted octanol–water partition coefficient (Wildman–Crippen LogP) is 3.73. The van der Waals surface area contributed by atoms with E-state index in [1.165, 1.54) is 12.0 Å². The summed E-state index contributed by atoms with van der Waals surface area (Å²) in [5.74, 6) is -0.302. The van der Waals surface area contributed by atoms with Gasteiger partial charge in [0.15, 0.2) is 5.78 Å². The van der Waals surface area contributed by atoms with Gasteiger partial charge in [-0.2, -0.15) is 0 Å². The van der Waals surface area contributed by atoms with E-state index in [0.29, 0.717) is 17.9 Å². The molecule has 0 aromatic heterocycles. The minimum Gasteiger partial charge on any atom is -0.495 e. The zero-order valence-electron chi connectivity index (χ0n) is 13.7. The highest BCUT2D eigenvalue weighted by molar-refractivity contribution is 6.12. The van der Waals surface area contributed by atoms with E-state index in [-0.39, 0.29) is 17.1 Å². The van der Waals surface area contributed by atoms with Crippen molar-refractivity contribution < 1.29 is 14.3 Å². The van der Waals surface area contributed by atoms with Crippen LogP contribution in [-0.2, 0) is 9.59 Å². The first-order chi connectivity index (χ1) is 11.0. The number of methoxy groups -OCH3 is 1. The van der Waals surface area contributed by atoms with Gasteiger partial charge < -0.3 is 10.1 Å². The minimum atomic E-state index is -0.605. The quantitative estimate of drug-likeness (QED) is 0.865. The largest absolute Gasteiger partial charge is 0.495 e. The lowest BCUT2D eigenvalue weighted by atomic mass is 9.63. The van der Waals surface area contributed by atoms with Gasteiger partial charge >= 0.3 is 0 Å². The number of carbonyl (C=O) groups is 2. The van der Waals surface area contributed by atoms with Crippen molar-refractivity contribution >= 4 is 17.4 Å². The first kappa shape index (κ1) is 15.8. The van der Waals surface area contributed by atoms with Gasteiger partial charge in [-0.1, -0.05) is 31.1 Å². The molecule has 1 aromatic carbocycles. The topological polar surface area (TPSA) is 55.4 Å². The van der Waals surface area contributed by atoms with Crippen molar-refractivity contribution in [3.05, 3.63) is 35.9 Å². The molecule has 2 atom stereocenters. The second-order valence-corrected chi connectivity index (χ2v) is 6.79. The molecule has 1 N–H and O–H groups in total. The first-order valence-corrected chi connectivity index (χ1v) is 8.22. The van der Waals surface area contributed by atoms with Crippen LogP contribution in [0.1, 0.15) is 39.0 Å². The number of carbonyl (C=O) groups excluding carboxylic acids is 2. The zero-order valence-corrected chi connectivity index (χ0v) is 13.7. The van der Waals surface area contributed by atoms with Crippen LogP contribution in [0.3, 0.4) is 0 Å². The molecule has 4 heteroatoms. The maximum absolute atomic E-state index is 12.6. The number of ether oxygens (including phenoxy) is 1. The Morgan fingerprint density at radius 3 is 2.87 bits per heavy atom. The van der Waals surface area contributed by atoms with Crippen LogP contribution in [-0.4, -0.2) is 18.8 Å². The monoisotopic (exact) mass is 313 g/mol. The van der Waals surface area contributed by atoms with Gasteiger partial charge in [0.25, 0.3) is 0 Å². The standard InChI is InChI=1S/C19H23NO3/c1-19-10-6-5-7-13(19)11-16(21)14(12-19)18(22)20-15-8-3-4-9-17(15)23-2/h3-4,8-9,11,14H,5-7,10,12H2,1-2H3,(H,20,22)/t14?,19-/m0/s1. The molecule has 3 rings (SSSR count). The number of amides is 1. The van der Waals surface area contributed by atoms with Crippen LogP contribution >= 0.6 is 0 Å². The first-order valence-electron chi connectivity index (χ1n) is 8.22. The fraction of sp³-hybridized carbons (Fsp3) is 0.474. The fourth-order valence-electron chi connectivity index (χ4n) is 3.79. The molecule has 2 aliphatic rings. The molecule has 1 amide bonds. The summed E-state index contributed by atoms with van der Waals surface area (Å²) >= 11 is 0. The Labute approximate surface area is 136 Å². The Morgan fingerprint density at radius 2 is 2.09 bits per heavy atom. The van der Waals surface area contributed by atoms with Gasteiger partial charge in [0.2, 0.25) is 5.91 Å². The van der Waals surface area contributed by atoms with Gasteiger partial charge in [-0.05, 0) is 49.3 Å². The Bertz CT molecular complexity index is 664. The SMILES string of the molecule is COc1ccccc1NC(=O)C1C[C@]2(C)CCCCC2=CC1=O. The molecule has 1 saturated carbocycles. The number of benzene rings is 1. The lowest BCUT2D eigenvalue weighted by Crippen LogP contribution is -2.39. The molecule has 0 spiro atoms. The van der Waals surface area contributed by atoms with Crippen LogP contribution in [0, 0.1) is 11.3 Å². The van der Waals surface area contributed by atoms with Gasteiger partial charge in [0, 0.05) is 0 Å². The summed E-state index contributed by atoms with van der Waals surface area (Å²) in [6.45, 7) is 2.19. The van der Waals surface area contributed by atoms with Crippen molar-refractivity contribution in [3.63, 3.8) is 0 Å². The third-order valence-corrected chi connectivity index (χ3v) is 5.20. The molecule has 0 saturated heterocycles. The predicted molar refractivity (Wildman–Crippen MR) is 89.4 cm³/mol. The van der Waals surface area contributed by atoms with Gasteiger partial charge in [-0.3, -0.25) is 9.59 Å². The highest BCUT2D eigenvalue weighted by atomic mass is 16.5. The Kier molecular flexibility index (Phi) is 4.24. The summed E-state index contributed by atoms with van der Waals surface area (Å²) in [7, 11) is 1.56. The number of fused-ring (bicyclic) bond motifs is 1. The van der Waals surface area contributed by atoms with E-state index in [4.69, 9.17) is 4.74 Å². The second kappa shape index (κ2) is 6.19. The Morgan fingerprint density at radius 1 is 1.30 bits per heavy atom. The Hall–Kier alpha value is -2.10. The fourth-order valence-corrected chi connectivity index (χ4v) is 3.79. The number of anilines is 1. The van der Waals surface area contributed by atoms with Crippen molar-refractivity contribution in [1.29, 1.82) is 0 Å². The number of ketones is 1. The Balaban J connectivity index is 1.80. The minimum absolute atomic E-state index is 0.00502. The summed E-state index contributed by atoms with van der Waals surface area (Å²) in [5.41, 5.74) is 1.83. The summed E-state index contributed by atoms with van der Waals surface area (Å²) in [5, 5.41) is 2.86. The molecule has 1 unspecified atom stereocenters. The molecular formula is C19H23NO3. The van der Waals surface area contributed by atoms with E-state index in [0.717, 1.165) is 19.3 Å². The molecule has 1 fully saturated rings. The average Bonchev–Trinajstić information content (AvgIpc) is 2.55. The van der Waals surface area contributed by atoms with Crippen LogP contribution in [0.15, 0.2) is 35.9 Å². The van der Waals surface area contributed by atoms with E-state index in [2.05, 4.69) is 12.2 Å².